The summed E-state index contributed by atoms with van der Waals surface area (Å²) in [5.41, 5.74) is 2.94. The predicted molar refractivity (Wildman–Crippen MR) is 199 cm³/mol. The summed E-state index contributed by atoms with van der Waals surface area (Å²) in [5.74, 6) is -1.37. The van der Waals surface area contributed by atoms with Crippen molar-refractivity contribution in [2.75, 3.05) is 39.8 Å². The molecule has 0 spiro atoms. The minimum atomic E-state index is -0.668. The van der Waals surface area contributed by atoms with Crippen LogP contribution in [0.25, 0.3) is 27.8 Å². The summed E-state index contributed by atoms with van der Waals surface area (Å²) in [6.45, 7) is 5.37. The molecular formula is C40H42F2N8O3. The van der Waals surface area contributed by atoms with Crippen molar-refractivity contribution in [1.29, 1.82) is 0 Å². The highest BCUT2D eigenvalue weighted by Crippen LogP contribution is 2.29. The molecule has 3 aliphatic heterocycles. The number of aromatic nitrogens is 3. The largest absolute Gasteiger partial charge is 0.356 e. The highest BCUT2D eigenvalue weighted by Gasteiger charge is 2.31. The summed E-state index contributed by atoms with van der Waals surface area (Å²) in [7, 11) is 2.16. The number of rotatable bonds is 8. The van der Waals surface area contributed by atoms with Gasteiger partial charge in [-0.3, -0.25) is 14.2 Å². The number of hydrogen-bond acceptors (Lipinski definition) is 8. The van der Waals surface area contributed by atoms with Crippen LogP contribution in [0.1, 0.15) is 37.3 Å². The van der Waals surface area contributed by atoms with Crippen molar-refractivity contribution in [2.45, 2.75) is 50.4 Å². The van der Waals surface area contributed by atoms with E-state index in [4.69, 9.17) is 0 Å². The SMILES string of the molecule is CN1CCN(CCc2ccc(-c3cccc(-n4c(=O)n(C5CCC(NC(=O)C6=CN7C=C(F)C=CC7N6)CC5)c(=O)c5cc(F)cnc54)c3)cc2)CC1. The molecule has 1 atom stereocenters. The Morgan fingerprint density at radius 1 is 0.943 bits per heavy atom. The summed E-state index contributed by atoms with van der Waals surface area (Å²) in [5, 5.41) is 6.13. The third-order valence-corrected chi connectivity index (χ3v) is 10.9. The molecule has 5 heterocycles. The van der Waals surface area contributed by atoms with Gasteiger partial charge in [-0.2, -0.15) is 0 Å². The first kappa shape index (κ1) is 34.7. The maximum absolute atomic E-state index is 14.6. The minimum Gasteiger partial charge on any atom is -0.356 e. The average Bonchev–Trinajstić information content (AvgIpc) is 3.60. The van der Waals surface area contributed by atoms with Crippen LogP contribution < -0.4 is 21.9 Å². The first-order chi connectivity index (χ1) is 25.7. The quantitative estimate of drug-likeness (QED) is 0.279. The molecule has 2 fully saturated rings. The maximum atomic E-state index is 14.6. The summed E-state index contributed by atoms with van der Waals surface area (Å²) < 4.78 is 30.8. The summed E-state index contributed by atoms with van der Waals surface area (Å²) in [6, 6.07) is 16.5. The lowest BCUT2D eigenvalue weighted by Gasteiger charge is -2.32. The zero-order valence-electron chi connectivity index (χ0n) is 29.5. The molecule has 2 aromatic heterocycles. The Labute approximate surface area is 305 Å². The lowest BCUT2D eigenvalue weighted by atomic mass is 9.90. The first-order valence-electron chi connectivity index (χ1n) is 18.3. The second kappa shape index (κ2) is 14.6. The molecule has 1 saturated heterocycles. The number of nitrogens with zero attached hydrogens (tertiary/aromatic N) is 6. The molecule has 4 aliphatic rings. The zero-order chi connectivity index (χ0) is 36.6. The van der Waals surface area contributed by atoms with E-state index in [-0.39, 0.29) is 29.1 Å². The zero-order valence-corrected chi connectivity index (χ0v) is 29.5. The lowest BCUT2D eigenvalue weighted by molar-refractivity contribution is -0.118. The van der Waals surface area contributed by atoms with Crippen LogP contribution in [0.2, 0.25) is 0 Å². The van der Waals surface area contributed by atoms with Crippen LogP contribution in [0.4, 0.5) is 8.78 Å². The van der Waals surface area contributed by atoms with Crippen molar-refractivity contribution in [1.82, 2.24) is 39.5 Å². The number of allylic oxidation sites excluding steroid dienone is 2. The molecule has 11 nitrogen and oxygen atoms in total. The van der Waals surface area contributed by atoms with E-state index in [1.807, 2.05) is 18.2 Å². The molecule has 1 unspecified atom stereocenters. The molecule has 4 aromatic rings. The monoisotopic (exact) mass is 720 g/mol. The van der Waals surface area contributed by atoms with Crippen molar-refractivity contribution < 1.29 is 13.6 Å². The summed E-state index contributed by atoms with van der Waals surface area (Å²) in [4.78, 5) is 51.9. The number of piperazine rings is 1. The maximum Gasteiger partial charge on any atom is 0.337 e. The summed E-state index contributed by atoms with van der Waals surface area (Å²) in [6.07, 6.45) is 9.49. The van der Waals surface area contributed by atoms with Gasteiger partial charge in [-0.05, 0) is 86.2 Å². The molecule has 53 heavy (non-hydrogen) atoms. The fraction of sp³-hybridized carbons (Fsp3) is 0.350. The van der Waals surface area contributed by atoms with Crippen molar-refractivity contribution in [3.8, 4) is 16.8 Å². The number of carbonyl (C=O) groups is 1. The molecule has 0 radical (unpaired) electrons. The van der Waals surface area contributed by atoms with Gasteiger partial charge in [-0.1, -0.05) is 36.4 Å². The molecule has 274 valence electrons. The highest BCUT2D eigenvalue weighted by molar-refractivity contribution is 5.93. The van der Waals surface area contributed by atoms with Crippen LogP contribution in [0.3, 0.4) is 0 Å². The standard InChI is InChI=1S/C40H42F2N8O3/c1-46-17-19-47(20-18-46)16-15-26-5-7-27(8-6-26)28-3-2-4-33(21-28)49-37-34(22-30(42)23-43-37)39(52)50(40(49)53)32-12-10-31(11-13-32)44-38(51)35-25-48-24-29(41)9-14-36(48)45-35/h2-9,14,21-25,31-32,36,45H,10-13,15-20H2,1H3,(H,44,51). The van der Waals surface area contributed by atoms with Gasteiger partial charge < -0.3 is 25.3 Å². The molecule has 2 aromatic carbocycles. The minimum absolute atomic E-state index is 0.0189. The second-order valence-electron chi connectivity index (χ2n) is 14.4. The van der Waals surface area contributed by atoms with Gasteiger partial charge >= 0.3 is 5.69 Å². The van der Waals surface area contributed by atoms with E-state index in [2.05, 4.69) is 56.7 Å². The third kappa shape index (κ3) is 7.18. The Morgan fingerprint density at radius 2 is 1.72 bits per heavy atom. The Morgan fingerprint density at radius 3 is 2.49 bits per heavy atom. The van der Waals surface area contributed by atoms with Crippen LogP contribution in [0, 0.1) is 5.82 Å². The number of fused-ring (bicyclic) bond motifs is 2. The van der Waals surface area contributed by atoms with Gasteiger partial charge in [0, 0.05) is 57.2 Å². The molecule has 0 bridgehead atoms. The lowest BCUT2D eigenvalue weighted by Crippen LogP contribution is -2.46. The van der Waals surface area contributed by atoms with Gasteiger partial charge in [0.25, 0.3) is 11.5 Å². The highest BCUT2D eigenvalue weighted by atomic mass is 19.1. The van der Waals surface area contributed by atoms with Crippen LogP contribution in [-0.4, -0.2) is 86.7 Å². The molecule has 1 amide bonds. The second-order valence-corrected chi connectivity index (χ2v) is 14.4. The predicted octanol–water partition coefficient (Wildman–Crippen LogP) is 4.20. The molecule has 13 heteroatoms. The Kier molecular flexibility index (Phi) is 9.52. The van der Waals surface area contributed by atoms with Crippen molar-refractivity contribution >= 4 is 16.9 Å². The van der Waals surface area contributed by atoms with E-state index < -0.39 is 28.9 Å². The first-order valence-corrected chi connectivity index (χ1v) is 18.3. The van der Waals surface area contributed by atoms with Gasteiger partial charge in [0.15, 0.2) is 5.65 Å². The fourth-order valence-corrected chi connectivity index (χ4v) is 7.78. The van der Waals surface area contributed by atoms with Gasteiger partial charge in [0.05, 0.1) is 17.3 Å². The number of nitrogens with one attached hydrogen (secondary N) is 2. The number of likely N-dealkylation sites (N-methyl/N-ethyl adjacent to an activating group) is 1. The van der Waals surface area contributed by atoms with Crippen LogP contribution in [0.5, 0.6) is 0 Å². The number of halogens is 2. The molecule has 2 N–H and O–H groups in total. The Hall–Kier alpha value is -5.40. The van der Waals surface area contributed by atoms with Crippen molar-refractivity contribution in [2.24, 2.45) is 0 Å². The van der Waals surface area contributed by atoms with Crippen LogP contribution in [-0.2, 0) is 11.2 Å². The Balaban J connectivity index is 1.01. The normalized spacial score (nSPS) is 21.9. The average molecular weight is 721 g/mol. The van der Waals surface area contributed by atoms with Gasteiger partial charge in [-0.25, -0.2) is 23.1 Å². The Bertz CT molecular complexity index is 2250. The number of pyridine rings is 1. The smallest absolute Gasteiger partial charge is 0.337 e. The van der Waals surface area contributed by atoms with E-state index in [9.17, 15) is 23.2 Å². The number of amides is 1. The fourth-order valence-electron chi connectivity index (χ4n) is 7.78. The van der Waals surface area contributed by atoms with Gasteiger partial charge in [0.1, 0.15) is 23.5 Å². The molecule has 1 aliphatic carbocycles. The topological polar surface area (TPSA) is 108 Å². The van der Waals surface area contributed by atoms with E-state index in [0.29, 0.717) is 37.1 Å². The van der Waals surface area contributed by atoms with E-state index in [1.165, 1.54) is 27.0 Å². The van der Waals surface area contributed by atoms with Crippen molar-refractivity contribution in [3.63, 3.8) is 0 Å². The number of benzene rings is 2. The van der Waals surface area contributed by atoms with Crippen LogP contribution >= 0.6 is 0 Å². The number of hydrogen-bond donors (Lipinski definition) is 2. The third-order valence-electron chi connectivity index (χ3n) is 10.9. The molecular weight excluding hydrogens is 678 g/mol. The molecule has 1 saturated carbocycles. The van der Waals surface area contributed by atoms with E-state index in [0.717, 1.165) is 62.5 Å². The molecule has 8 rings (SSSR count). The van der Waals surface area contributed by atoms with E-state index >= 15 is 0 Å². The summed E-state index contributed by atoms with van der Waals surface area (Å²) >= 11 is 0. The van der Waals surface area contributed by atoms with Crippen molar-refractivity contribution in [3.05, 3.63) is 129 Å². The van der Waals surface area contributed by atoms with Gasteiger partial charge in [-0.15, -0.1) is 0 Å². The van der Waals surface area contributed by atoms with Crippen LogP contribution in [0.15, 0.2) is 106 Å². The van der Waals surface area contributed by atoms with E-state index in [1.54, 1.807) is 23.2 Å². The number of carbonyl (C=O) groups excluding carboxylic acids is 1. The van der Waals surface area contributed by atoms with Gasteiger partial charge in [0.2, 0.25) is 0 Å².